The number of para-hydroxylation sites is 2. The van der Waals surface area contributed by atoms with Crippen LogP contribution in [-0.4, -0.2) is 15.5 Å². The Hall–Kier alpha value is -2.22. The molecule has 0 unspecified atom stereocenters. The van der Waals surface area contributed by atoms with E-state index in [0.717, 1.165) is 24.3 Å². The zero-order chi connectivity index (χ0) is 16.4. The first kappa shape index (κ1) is 16.2. The predicted octanol–water partition coefficient (Wildman–Crippen LogP) is 3.51. The van der Waals surface area contributed by atoms with E-state index < -0.39 is 21.8 Å². The van der Waals surface area contributed by atoms with Crippen molar-refractivity contribution in [2.24, 2.45) is 0 Å². The number of hydrogen-bond acceptors (Lipinski definition) is 3. The zero-order valence-corrected chi connectivity index (χ0v) is 12.2. The van der Waals surface area contributed by atoms with E-state index >= 15 is 0 Å². The van der Waals surface area contributed by atoms with E-state index in [4.69, 9.17) is 4.74 Å². The lowest BCUT2D eigenvalue weighted by atomic mass is 10.2. The summed E-state index contributed by atoms with van der Waals surface area (Å²) in [6, 6.07) is 9.56. The number of methoxy groups -OCH3 is 1. The summed E-state index contributed by atoms with van der Waals surface area (Å²) in [7, 11) is -2.63. The second kappa shape index (κ2) is 5.88. The average Bonchev–Trinajstić information content (AvgIpc) is 2.47. The van der Waals surface area contributed by atoms with Crippen LogP contribution in [0.1, 0.15) is 5.56 Å². The lowest BCUT2D eigenvalue weighted by Crippen LogP contribution is -2.14. The van der Waals surface area contributed by atoms with Crippen molar-refractivity contribution in [2.75, 3.05) is 11.8 Å². The van der Waals surface area contributed by atoms with E-state index in [1.807, 2.05) is 0 Å². The highest BCUT2D eigenvalue weighted by Gasteiger charge is 2.30. The minimum atomic E-state index is -4.52. The number of halogens is 3. The van der Waals surface area contributed by atoms with Crippen molar-refractivity contribution in [3.63, 3.8) is 0 Å². The third-order valence-electron chi connectivity index (χ3n) is 2.84. The molecule has 1 N–H and O–H groups in total. The quantitative estimate of drug-likeness (QED) is 0.933. The first-order valence-electron chi connectivity index (χ1n) is 6.07. The van der Waals surface area contributed by atoms with Crippen molar-refractivity contribution in [2.45, 2.75) is 11.1 Å². The summed E-state index contributed by atoms with van der Waals surface area (Å²) >= 11 is 0. The Labute approximate surface area is 125 Å². The van der Waals surface area contributed by atoms with Gasteiger partial charge in [0.15, 0.2) is 0 Å². The third kappa shape index (κ3) is 3.51. The number of hydrogen-bond donors (Lipinski definition) is 1. The summed E-state index contributed by atoms with van der Waals surface area (Å²) in [5, 5.41) is 0. The highest BCUT2D eigenvalue weighted by atomic mass is 32.2. The van der Waals surface area contributed by atoms with Crippen LogP contribution in [0.5, 0.6) is 5.75 Å². The maximum Gasteiger partial charge on any atom is 0.416 e. The van der Waals surface area contributed by atoms with E-state index in [0.29, 0.717) is 5.75 Å². The molecule has 22 heavy (non-hydrogen) atoms. The fourth-order valence-electron chi connectivity index (χ4n) is 1.76. The Kier molecular flexibility index (Phi) is 4.32. The van der Waals surface area contributed by atoms with Crippen LogP contribution in [0.15, 0.2) is 53.4 Å². The van der Waals surface area contributed by atoms with Crippen LogP contribution in [0.2, 0.25) is 0 Å². The third-order valence-corrected chi connectivity index (χ3v) is 4.22. The number of sulfonamides is 1. The van der Waals surface area contributed by atoms with E-state index in [1.165, 1.54) is 13.2 Å². The van der Waals surface area contributed by atoms with Gasteiger partial charge < -0.3 is 4.74 Å². The summed E-state index contributed by atoms with van der Waals surface area (Å²) in [5.41, 5.74) is -0.714. The van der Waals surface area contributed by atoms with Crippen molar-refractivity contribution in [3.05, 3.63) is 54.1 Å². The van der Waals surface area contributed by atoms with Gasteiger partial charge in [0.2, 0.25) is 0 Å². The molecular formula is C14H12F3NO3S. The molecule has 0 aliphatic heterocycles. The Morgan fingerprint density at radius 1 is 1.00 bits per heavy atom. The number of benzene rings is 2. The maximum absolute atomic E-state index is 12.5. The molecule has 2 rings (SSSR count). The van der Waals surface area contributed by atoms with Gasteiger partial charge in [-0.25, -0.2) is 8.42 Å². The molecule has 0 aliphatic carbocycles. The van der Waals surface area contributed by atoms with Crippen LogP contribution in [0, 0.1) is 0 Å². The minimum Gasteiger partial charge on any atom is -0.495 e. The molecule has 0 heterocycles. The second-order valence-corrected chi connectivity index (χ2v) is 6.01. The number of anilines is 1. The molecule has 0 atom stereocenters. The second-order valence-electron chi connectivity index (χ2n) is 4.33. The van der Waals surface area contributed by atoms with Gasteiger partial charge in [0.05, 0.1) is 23.3 Å². The first-order valence-corrected chi connectivity index (χ1v) is 7.55. The summed E-state index contributed by atoms with van der Waals surface area (Å²) in [6.45, 7) is 0. The Morgan fingerprint density at radius 2 is 1.59 bits per heavy atom. The number of rotatable bonds is 4. The number of nitrogens with one attached hydrogen (secondary N) is 1. The molecule has 0 saturated carbocycles. The van der Waals surface area contributed by atoms with Crippen LogP contribution in [0.25, 0.3) is 0 Å². The number of alkyl halides is 3. The van der Waals surface area contributed by atoms with Gasteiger partial charge >= 0.3 is 6.18 Å². The molecule has 118 valence electrons. The summed E-state index contributed by atoms with van der Waals surface area (Å²) in [6.07, 6.45) is -4.52. The molecule has 0 radical (unpaired) electrons. The molecule has 0 fully saturated rings. The summed E-state index contributed by atoms with van der Waals surface area (Å²) in [4.78, 5) is -0.272. The smallest absolute Gasteiger partial charge is 0.416 e. The predicted molar refractivity (Wildman–Crippen MR) is 75.2 cm³/mol. The van der Waals surface area contributed by atoms with E-state index in [9.17, 15) is 21.6 Å². The zero-order valence-electron chi connectivity index (χ0n) is 11.4. The topological polar surface area (TPSA) is 55.4 Å². The molecule has 0 saturated heterocycles. The molecule has 0 aliphatic rings. The Morgan fingerprint density at radius 3 is 2.14 bits per heavy atom. The molecule has 2 aromatic carbocycles. The molecular weight excluding hydrogens is 319 g/mol. The molecule has 0 bridgehead atoms. The van der Waals surface area contributed by atoms with Crippen LogP contribution in [0.4, 0.5) is 18.9 Å². The molecule has 0 amide bonds. The van der Waals surface area contributed by atoms with E-state index in [1.54, 1.807) is 18.2 Å². The first-order chi connectivity index (χ1) is 10.2. The van der Waals surface area contributed by atoms with Crippen LogP contribution >= 0.6 is 0 Å². The van der Waals surface area contributed by atoms with Gasteiger partial charge in [-0.05, 0) is 36.4 Å². The fourth-order valence-corrected chi connectivity index (χ4v) is 2.83. The summed E-state index contributed by atoms with van der Waals surface area (Å²) in [5.74, 6) is 0.304. The van der Waals surface area contributed by atoms with E-state index in [2.05, 4.69) is 4.72 Å². The molecule has 0 aromatic heterocycles. The molecule has 8 heteroatoms. The van der Waals surface area contributed by atoms with Crippen molar-refractivity contribution in [1.82, 2.24) is 0 Å². The Bertz CT molecular complexity index is 756. The summed E-state index contributed by atoms with van der Waals surface area (Å²) < 4.78 is 69.1. The highest BCUT2D eigenvalue weighted by molar-refractivity contribution is 7.92. The van der Waals surface area contributed by atoms with Gasteiger partial charge in [0.25, 0.3) is 10.0 Å². The van der Waals surface area contributed by atoms with E-state index in [-0.39, 0.29) is 10.6 Å². The molecule has 4 nitrogen and oxygen atoms in total. The van der Waals surface area contributed by atoms with Crippen molar-refractivity contribution < 1.29 is 26.3 Å². The van der Waals surface area contributed by atoms with Crippen LogP contribution < -0.4 is 9.46 Å². The number of ether oxygens (including phenoxy) is 1. The average molecular weight is 331 g/mol. The van der Waals surface area contributed by atoms with Gasteiger partial charge in [0, 0.05) is 0 Å². The lowest BCUT2D eigenvalue weighted by molar-refractivity contribution is -0.137. The van der Waals surface area contributed by atoms with Crippen LogP contribution in [-0.2, 0) is 16.2 Å². The van der Waals surface area contributed by atoms with Crippen molar-refractivity contribution in [3.8, 4) is 5.75 Å². The van der Waals surface area contributed by atoms with Crippen LogP contribution in [0.3, 0.4) is 0 Å². The monoisotopic (exact) mass is 331 g/mol. The molecule has 2 aromatic rings. The normalized spacial score (nSPS) is 12.0. The van der Waals surface area contributed by atoms with Crippen molar-refractivity contribution >= 4 is 15.7 Å². The molecule has 0 spiro atoms. The van der Waals surface area contributed by atoms with Gasteiger partial charge in [-0.1, -0.05) is 12.1 Å². The maximum atomic E-state index is 12.5. The highest BCUT2D eigenvalue weighted by Crippen LogP contribution is 2.30. The van der Waals surface area contributed by atoms with Gasteiger partial charge in [-0.3, -0.25) is 4.72 Å². The van der Waals surface area contributed by atoms with Gasteiger partial charge in [-0.15, -0.1) is 0 Å². The van der Waals surface area contributed by atoms with Gasteiger partial charge in [-0.2, -0.15) is 13.2 Å². The van der Waals surface area contributed by atoms with Gasteiger partial charge in [0.1, 0.15) is 5.75 Å². The lowest BCUT2D eigenvalue weighted by Gasteiger charge is -2.12. The SMILES string of the molecule is COc1ccccc1NS(=O)(=O)c1ccc(C(F)(F)F)cc1. The minimum absolute atomic E-state index is 0.199. The fraction of sp³-hybridized carbons (Fsp3) is 0.143. The van der Waals surface area contributed by atoms with Crippen molar-refractivity contribution in [1.29, 1.82) is 0 Å². The standard InChI is InChI=1S/C14H12F3NO3S/c1-21-13-5-3-2-4-12(13)18-22(19,20)11-8-6-10(7-9-11)14(15,16)17/h2-9,18H,1H3. The largest absolute Gasteiger partial charge is 0.495 e. The Balaban J connectivity index is 2.31.